The van der Waals surface area contributed by atoms with Crippen molar-refractivity contribution in [3.05, 3.63) is 23.2 Å². The van der Waals surface area contributed by atoms with Crippen LogP contribution < -0.4 is 11.2 Å². The molecular weight excluding hydrogens is 174 g/mol. The fourth-order valence-corrected chi connectivity index (χ4v) is 1.04. The number of hydrogen-bond acceptors (Lipinski definition) is 3. The van der Waals surface area contributed by atoms with Gasteiger partial charge in [0.05, 0.1) is 11.4 Å². The van der Waals surface area contributed by atoms with Crippen LogP contribution in [0.4, 0.5) is 11.4 Å². The maximum absolute atomic E-state index is 5.79. The quantitative estimate of drug-likeness (QED) is 0.546. The van der Waals surface area contributed by atoms with Crippen molar-refractivity contribution >= 4 is 23.0 Å². The van der Waals surface area contributed by atoms with E-state index in [0.717, 1.165) is 5.69 Å². The number of nitrogens with one attached hydrogen (secondary N) is 1. The summed E-state index contributed by atoms with van der Waals surface area (Å²) >= 11 is 5.79. The Morgan fingerprint density at radius 2 is 2.08 bits per heavy atom. The minimum atomic E-state index is 0.675. The lowest BCUT2D eigenvalue weighted by molar-refractivity contribution is 0.496. The highest BCUT2D eigenvalue weighted by molar-refractivity contribution is 6.31. The predicted molar refractivity (Wildman–Crippen MR) is 53.2 cm³/mol. The number of nitrogen functional groups attached to an aromatic ring is 1. The highest BCUT2D eigenvalue weighted by Gasteiger charge is 1.99. The molecule has 66 valence electrons. The summed E-state index contributed by atoms with van der Waals surface area (Å²) in [7, 11) is 3.78. The van der Waals surface area contributed by atoms with E-state index >= 15 is 0 Å². The normalized spacial score (nSPS) is 10.3. The standard InChI is InChI=1S/C8H12ClN3/c1-12(2)11-8-5-6(9)3-4-7(8)10/h3-5,11H,10H2,1-2H3. The number of benzene rings is 1. The van der Waals surface area contributed by atoms with E-state index in [9.17, 15) is 0 Å². The summed E-state index contributed by atoms with van der Waals surface area (Å²) in [4.78, 5) is 0. The van der Waals surface area contributed by atoms with Gasteiger partial charge in [-0.25, -0.2) is 5.01 Å². The van der Waals surface area contributed by atoms with Gasteiger partial charge in [-0.1, -0.05) is 11.6 Å². The van der Waals surface area contributed by atoms with Crippen LogP contribution in [-0.2, 0) is 0 Å². The Bertz CT molecular complexity index is 273. The number of halogens is 1. The van der Waals surface area contributed by atoms with Crippen LogP contribution >= 0.6 is 11.6 Å². The molecule has 0 saturated heterocycles. The third kappa shape index (κ3) is 2.29. The summed E-state index contributed by atoms with van der Waals surface area (Å²) < 4.78 is 0. The van der Waals surface area contributed by atoms with Crippen LogP contribution in [0.5, 0.6) is 0 Å². The molecule has 0 fully saturated rings. The summed E-state index contributed by atoms with van der Waals surface area (Å²) in [6.45, 7) is 0. The Labute approximate surface area is 77.1 Å². The highest BCUT2D eigenvalue weighted by Crippen LogP contribution is 2.22. The molecular formula is C8H12ClN3. The first-order chi connectivity index (χ1) is 5.59. The topological polar surface area (TPSA) is 41.3 Å². The van der Waals surface area contributed by atoms with E-state index < -0.39 is 0 Å². The molecule has 4 heteroatoms. The Hall–Kier alpha value is -0.930. The lowest BCUT2D eigenvalue weighted by Crippen LogP contribution is -2.20. The first-order valence-corrected chi connectivity index (χ1v) is 3.96. The third-order valence-corrected chi connectivity index (χ3v) is 1.59. The summed E-state index contributed by atoms with van der Waals surface area (Å²) in [5.74, 6) is 0. The van der Waals surface area contributed by atoms with E-state index in [0.29, 0.717) is 10.7 Å². The molecule has 0 aliphatic heterocycles. The SMILES string of the molecule is CN(C)Nc1cc(Cl)ccc1N. The lowest BCUT2D eigenvalue weighted by Gasteiger charge is -2.15. The zero-order chi connectivity index (χ0) is 9.14. The number of rotatable bonds is 2. The van der Waals surface area contributed by atoms with Crippen molar-refractivity contribution in [2.24, 2.45) is 0 Å². The van der Waals surface area contributed by atoms with Crippen LogP contribution in [0.25, 0.3) is 0 Å². The molecule has 1 aromatic rings. The largest absolute Gasteiger partial charge is 0.397 e. The Morgan fingerprint density at radius 1 is 1.42 bits per heavy atom. The van der Waals surface area contributed by atoms with Crippen LogP contribution in [0.1, 0.15) is 0 Å². The third-order valence-electron chi connectivity index (χ3n) is 1.36. The molecule has 0 radical (unpaired) electrons. The second-order valence-electron chi connectivity index (χ2n) is 2.74. The van der Waals surface area contributed by atoms with Crippen molar-refractivity contribution in [1.29, 1.82) is 0 Å². The van der Waals surface area contributed by atoms with Gasteiger partial charge in [-0.05, 0) is 18.2 Å². The number of hydrazine groups is 1. The number of nitrogens with zero attached hydrogens (tertiary/aromatic N) is 1. The number of hydrogen-bond donors (Lipinski definition) is 2. The molecule has 0 aliphatic carbocycles. The molecule has 1 rings (SSSR count). The summed E-state index contributed by atoms with van der Waals surface area (Å²) in [5.41, 5.74) is 10.2. The van der Waals surface area contributed by atoms with Crippen LogP contribution in [-0.4, -0.2) is 19.1 Å². The Kier molecular flexibility index (Phi) is 2.78. The average molecular weight is 186 g/mol. The lowest BCUT2D eigenvalue weighted by atomic mass is 10.3. The smallest absolute Gasteiger partial charge is 0.0734 e. The van der Waals surface area contributed by atoms with Gasteiger partial charge in [0.25, 0.3) is 0 Å². The van der Waals surface area contributed by atoms with E-state index in [1.54, 1.807) is 18.2 Å². The van der Waals surface area contributed by atoms with Crippen LogP contribution in [0.3, 0.4) is 0 Å². The van der Waals surface area contributed by atoms with Crippen molar-refractivity contribution in [2.45, 2.75) is 0 Å². The van der Waals surface area contributed by atoms with E-state index in [1.807, 2.05) is 19.1 Å². The minimum Gasteiger partial charge on any atom is -0.397 e. The molecule has 3 nitrogen and oxygen atoms in total. The van der Waals surface area contributed by atoms with Crippen molar-refractivity contribution in [2.75, 3.05) is 25.3 Å². The molecule has 0 saturated carbocycles. The Balaban J connectivity index is 2.90. The van der Waals surface area contributed by atoms with Gasteiger partial charge >= 0.3 is 0 Å². The van der Waals surface area contributed by atoms with Crippen LogP contribution in [0.15, 0.2) is 18.2 Å². The van der Waals surface area contributed by atoms with E-state index in [-0.39, 0.29) is 0 Å². The second kappa shape index (κ2) is 3.65. The maximum atomic E-state index is 5.79. The number of nitrogens with two attached hydrogens (primary N) is 1. The summed E-state index contributed by atoms with van der Waals surface area (Å²) in [6, 6.07) is 5.32. The van der Waals surface area contributed by atoms with Gasteiger partial charge in [0.2, 0.25) is 0 Å². The fourth-order valence-electron chi connectivity index (χ4n) is 0.866. The number of anilines is 2. The molecule has 0 heterocycles. The molecule has 1 aromatic carbocycles. The summed E-state index contributed by atoms with van der Waals surface area (Å²) in [6.07, 6.45) is 0. The van der Waals surface area contributed by atoms with E-state index in [2.05, 4.69) is 5.43 Å². The molecule has 0 amide bonds. The van der Waals surface area contributed by atoms with Crippen LogP contribution in [0.2, 0.25) is 5.02 Å². The van der Waals surface area contributed by atoms with Gasteiger partial charge in [0.15, 0.2) is 0 Å². The van der Waals surface area contributed by atoms with Gasteiger partial charge in [-0.2, -0.15) is 0 Å². The zero-order valence-corrected chi connectivity index (χ0v) is 7.89. The van der Waals surface area contributed by atoms with Crippen molar-refractivity contribution < 1.29 is 0 Å². The van der Waals surface area contributed by atoms with Gasteiger partial charge in [0, 0.05) is 19.1 Å². The van der Waals surface area contributed by atoms with Crippen molar-refractivity contribution in [1.82, 2.24) is 5.01 Å². The van der Waals surface area contributed by atoms with E-state index in [4.69, 9.17) is 17.3 Å². The molecule has 0 bridgehead atoms. The summed E-state index contributed by atoms with van der Waals surface area (Å²) in [5, 5.41) is 2.48. The van der Waals surface area contributed by atoms with Crippen molar-refractivity contribution in [3.63, 3.8) is 0 Å². The molecule has 0 aliphatic rings. The monoisotopic (exact) mass is 185 g/mol. The fraction of sp³-hybridized carbons (Fsp3) is 0.250. The highest BCUT2D eigenvalue weighted by atomic mass is 35.5. The van der Waals surface area contributed by atoms with Crippen LogP contribution in [0, 0.1) is 0 Å². The molecule has 0 aromatic heterocycles. The van der Waals surface area contributed by atoms with Crippen molar-refractivity contribution in [3.8, 4) is 0 Å². The minimum absolute atomic E-state index is 0.675. The second-order valence-corrected chi connectivity index (χ2v) is 3.17. The van der Waals surface area contributed by atoms with Gasteiger partial charge in [0.1, 0.15) is 0 Å². The first kappa shape index (κ1) is 9.16. The van der Waals surface area contributed by atoms with E-state index in [1.165, 1.54) is 0 Å². The molecule has 0 atom stereocenters. The predicted octanol–water partition coefficient (Wildman–Crippen LogP) is 1.81. The molecule has 3 N–H and O–H groups in total. The first-order valence-electron chi connectivity index (χ1n) is 3.58. The van der Waals surface area contributed by atoms with Gasteiger partial charge in [-0.3, -0.25) is 0 Å². The molecule has 0 unspecified atom stereocenters. The van der Waals surface area contributed by atoms with Gasteiger partial charge in [-0.15, -0.1) is 0 Å². The Morgan fingerprint density at radius 3 is 2.67 bits per heavy atom. The average Bonchev–Trinajstić information content (AvgIpc) is 1.96. The molecule has 0 spiro atoms. The molecule has 12 heavy (non-hydrogen) atoms. The maximum Gasteiger partial charge on any atom is 0.0734 e. The zero-order valence-electron chi connectivity index (χ0n) is 7.13. The van der Waals surface area contributed by atoms with Gasteiger partial charge < -0.3 is 11.2 Å².